The van der Waals surface area contributed by atoms with Gasteiger partial charge in [-0.25, -0.2) is 4.79 Å². The minimum absolute atomic E-state index is 0.0469. The van der Waals surface area contributed by atoms with Gasteiger partial charge in [0, 0.05) is 22.9 Å². The first kappa shape index (κ1) is 15.2. The molecule has 0 unspecified atom stereocenters. The molecular formula is C16H16BrNO4. The third-order valence-electron chi connectivity index (χ3n) is 3.63. The van der Waals surface area contributed by atoms with Crippen LogP contribution < -0.4 is 5.63 Å². The van der Waals surface area contributed by atoms with Gasteiger partial charge in [-0.05, 0) is 38.1 Å². The van der Waals surface area contributed by atoms with Gasteiger partial charge in [0.15, 0.2) is 0 Å². The summed E-state index contributed by atoms with van der Waals surface area (Å²) in [6, 6.07) is 6.91. The van der Waals surface area contributed by atoms with E-state index in [1.165, 1.54) is 0 Å². The van der Waals surface area contributed by atoms with Crippen molar-refractivity contribution in [1.82, 2.24) is 4.90 Å². The zero-order valence-electron chi connectivity index (χ0n) is 12.3. The lowest BCUT2D eigenvalue weighted by Crippen LogP contribution is -2.49. The molecule has 0 aliphatic carbocycles. The molecule has 0 saturated carbocycles. The Morgan fingerprint density at radius 2 is 1.91 bits per heavy atom. The number of halogens is 1. The zero-order chi connectivity index (χ0) is 15.9. The van der Waals surface area contributed by atoms with E-state index in [2.05, 4.69) is 15.9 Å². The number of morpholine rings is 1. The van der Waals surface area contributed by atoms with Crippen LogP contribution in [-0.4, -0.2) is 36.1 Å². The van der Waals surface area contributed by atoms with Gasteiger partial charge in [0.25, 0.3) is 5.91 Å². The Balaban J connectivity index is 2.00. The van der Waals surface area contributed by atoms with Crippen molar-refractivity contribution in [2.45, 2.75) is 26.1 Å². The summed E-state index contributed by atoms with van der Waals surface area (Å²) in [7, 11) is 0. The Hall–Kier alpha value is -1.66. The summed E-state index contributed by atoms with van der Waals surface area (Å²) in [5.74, 6) is -0.308. The molecule has 1 amide bonds. The Morgan fingerprint density at radius 3 is 2.59 bits per heavy atom. The summed E-state index contributed by atoms with van der Waals surface area (Å²) in [6.45, 7) is 4.77. The molecule has 1 saturated heterocycles. The van der Waals surface area contributed by atoms with E-state index in [1.54, 1.807) is 23.1 Å². The fourth-order valence-electron chi connectivity index (χ4n) is 2.76. The third kappa shape index (κ3) is 2.94. The lowest BCUT2D eigenvalue weighted by Gasteiger charge is -2.35. The second-order valence-corrected chi connectivity index (χ2v) is 6.51. The average molecular weight is 366 g/mol. The Bertz CT molecular complexity index is 775. The maximum Gasteiger partial charge on any atom is 0.349 e. The first-order chi connectivity index (χ1) is 10.4. The van der Waals surface area contributed by atoms with Crippen molar-refractivity contribution in [2.75, 3.05) is 13.1 Å². The summed E-state index contributed by atoms with van der Waals surface area (Å²) in [4.78, 5) is 26.4. The number of hydrogen-bond donors (Lipinski definition) is 0. The van der Waals surface area contributed by atoms with Gasteiger partial charge >= 0.3 is 5.63 Å². The minimum Gasteiger partial charge on any atom is -0.422 e. The lowest BCUT2D eigenvalue weighted by molar-refractivity contribution is -0.0587. The minimum atomic E-state index is -0.605. The van der Waals surface area contributed by atoms with Crippen molar-refractivity contribution in [3.63, 3.8) is 0 Å². The molecule has 1 aromatic heterocycles. The van der Waals surface area contributed by atoms with Gasteiger partial charge in [0.2, 0.25) is 0 Å². The second-order valence-electron chi connectivity index (χ2n) is 5.60. The van der Waals surface area contributed by atoms with Gasteiger partial charge in [-0.1, -0.05) is 15.9 Å². The van der Waals surface area contributed by atoms with Crippen molar-refractivity contribution in [3.05, 3.63) is 44.7 Å². The van der Waals surface area contributed by atoms with Crippen molar-refractivity contribution in [2.24, 2.45) is 0 Å². The second kappa shape index (κ2) is 5.85. The molecule has 0 radical (unpaired) electrons. The summed E-state index contributed by atoms with van der Waals surface area (Å²) in [5, 5.41) is 0.715. The van der Waals surface area contributed by atoms with E-state index in [0.29, 0.717) is 24.1 Å². The molecule has 2 atom stereocenters. The number of carbonyl (C=O) groups excluding carboxylic acids is 1. The van der Waals surface area contributed by atoms with Crippen LogP contribution in [0, 0.1) is 0 Å². The molecule has 22 heavy (non-hydrogen) atoms. The highest BCUT2D eigenvalue weighted by Crippen LogP contribution is 2.20. The molecule has 5 nitrogen and oxygen atoms in total. The Morgan fingerprint density at radius 1 is 1.23 bits per heavy atom. The molecule has 1 aromatic carbocycles. The number of hydrogen-bond acceptors (Lipinski definition) is 4. The van der Waals surface area contributed by atoms with Gasteiger partial charge < -0.3 is 14.1 Å². The first-order valence-corrected chi connectivity index (χ1v) is 7.91. The number of amides is 1. The number of fused-ring (bicyclic) bond motifs is 1. The smallest absolute Gasteiger partial charge is 0.349 e. The summed E-state index contributed by atoms with van der Waals surface area (Å²) in [6.07, 6.45) is -0.0938. The SMILES string of the molecule is C[C@@H]1CN(C(=O)c2cc3cc(Br)ccc3oc2=O)C[C@@H](C)O1. The fourth-order valence-corrected chi connectivity index (χ4v) is 3.14. The van der Waals surface area contributed by atoms with Crippen LogP contribution in [0.4, 0.5) is 0 Å². The van der Waals surface area contributed by atoms with Gasteiger partial charge in [-0.3, -0.25) is 4.79 Å². The van der Waals surface area contributed by atoms with E-state index in [9.17, 15) is 9.59 Å². The largest absolute Gasteiger partial charge is 0.422 e. The maximum atomic E-state index is 12.6. The van der Waals surface area contributed by atoms with Crippen molar-refractivity contribution >= 4 is 32.8 Å². The highest BCUT2D eigenvalue weighted by molar-refractivity contribution is 9.10. The highest BCUT2D eigenvalue weighted by Gasteiger charge is 2.28. The Kier molecular flexibility index (Phi) is 4.06. The number of ether oxygens (including phenoxy) is 1. The van der Waals surface area contributed by atoms with E-state index in [4.69, 9.17) is 9.15 Å². The van der Waals surface area contributed by atoms with Crippen LogP contribution in [0.5, 0.6) is 0 Å². The Labute approximate surface area is 136 Å². The predicted molar refractivity (Wildman–Crippen MR) is 86.1 cm³/mol. The van der Waals surface area contributed by atoms with E-state index in [1.807, 2.05) is 19.9 Å². The molecule has 2 heterocycles. The summed E-state index contributed by atoms with van der Waals surface area (Å²) in [5.41, 5.74) is -0.0769. The van der Waals surface area contributed by atoms with Crippen LogP contribution in [0.15, 0.2) is 37.9 Å². The molecule has 0 bridgehead atoms. The number of nitrogens with zero attached hydrogens (tertiary/aromatic N) is 1. The molecule has 0 N–H and O–H groups in total. The lowest BCUT2D eigenvalue weighted by atomic mass is 10.1. The fraction of sp³-hybridized carbons (Fsp3) is 0.375. The molecule has 116 valence electrons. The maximum absolute atomic E-state index is 12.6. The van der Waals surface area contributed by atoms with Crippen LogP contribution in [-0.2, 0) is 4.74 Å². The van der Waals surface area contributed by atoms with Gasteiger partial charge in [-0.15, -0.1) is 0 Å². The zero-order valence-corrected chi connectivity index (χ0v) is 13.9. The van der Waals surface area contributed by atoms with Crippen molar-refractivity contribution in [1.29, 1.82) is 0 Å². The van der Waals surface area contributed by atoms with E-state index in [-0.39, 0.29) is 23.7 Å². The van der Waals surface area contributed by atoms with Crippen LogP contribution in [0.1, 0.15) is 24.2 Å². The van der Waals surface area contributed by atoms with Crippen LogP contribution in [0.3, 0.4) is 0 Å². The van der Waals surface area contributed by atoms with Crippen molar-refractivity contribution < 1.29 is 13.9 Å². The van der Waals surface area contributed by atoms with Gasteiger partial charge in [0.1, 0.15) is 11.1 Å². The first-order valence-electron chi connectivity index (χ1n) is 7.12. The van der Waals surface area contributed by atoms with E-state index in [0.717, 1.165) is 4.47 Å². The molecule has 1 fully saturated rings. The topological polar surface area (TPSA) is 59.8 Å². The number of rotatable bonds is 1. The van der Waals surface area contributed by atoms with Crippen LogP contribution in [0.25, 0.3) is 11.0 Å². The molecule has 2 aromatic rings. The molecule has 6 heteroatoms. The molecule has 1 aliphatic heterocycles. The van der Waals surface area contributed by atoms with Gasteiger partial charge in [0.05, 0.1) is 12.2 Å². The van der Waals surface area contributed by atoms with Crippen LogP contribution >= 0.6 is 15.9 Å². The normalized spacial score (nSPS) is 22.0. The highest BCUT2D eigenvalue weighted by atomic mass is 79.9. The monoisotopic (exact) mass is 365 g/mol. The summed E-state index contributed by atoms with van der Waals surface area (Å²) >= 11 is 3.37. The average Bonchev–Trinajstić information content (AvgIpc) is 2.45. The quantitative estimate of drug-likeness (QED) is 0.729. The number of benzene rings is 1. The standard InChI is InChI=1S/C16H16BrNO4/c1-9-7-18(8-10(2)21-9)15(19)13-6-11-5-12(17)3-4-14(11)22-16(13)20/h3-6,9-10H,7-8H2,1-2H3/t9-,10-/m1/s1. The van der Waals surface area contributed by atoms with Crippen LogP contribution in [0.2, 0.25) is 0 Å². The van der Waals surface area contributed by atoms with Gasteiger partial charge in [-0.2, -0.15) is 0 Å². The van der Waals surface area contributed by atoms with E-state index < -0.39 is 5.63 Å². The predicted octanol–water partition coefficient (Wildman–Crippen LogP) is 2.80. The van der Waals surface area contributed by atoms with Crippen molar-refractivity contribution in [3.8, 4) is 0 Å². The van der Waals surface area contributed by atoms with E-state index >= 15 is 0 Å². The number of carbonyl (C=O) groups is 1. The molecule has 3 rings (SSSR count). The molecular weight excluding hydrogens is 350 g/mol. The third-order valence-corrected chi connectivity index (χ3v) is 4.12. The molecule has 1 aliphatic rings. The summed E-state index contributed by atoms with van der Waals surface area (Å²) < 4.78 is 11.7. The molecule has 0 spiro atoms.